The largest absolute Gasteiger partial charge is 0.494 e. The molecule has 2 aromatic rings. The first-order valence-corrected chi connectivity index (χ1v) is 12.2. The van der Waals surface area contributed by atoms with Crippen LogP contribution in [-0.2, 0) is 14.4 Å². The van der Waals surface area contributed by atoms with E-state index < -0.39 is 5.25 Å². The molecule has 0 saturated carbocycles. The summed E-state index contributed by atoms with van der Waals surface area (Å²) in [5, 5.41) is 2.76. The van der Waals surface area contributed by atoms with Crippen molar-refractivity contribution < 1.29 is 19.1 Å². The Bertz CT molecular complexity index is 934. The van der Waals surface area contributed by atoms with E-state index in [-0.39, 0.29) is 29.9 Å². The third-order valence-corrected chi connectivity index (χ3v) is 6.46. The number of hydrogen-bond donors (Lipinski definition) is 1. The maximum Gasteiger partial charge on any atom is 0.247 e. The average Bonchev–Trinajstić information content (AvgIpc) is 3.07. The first-order chi connectivity index (χ1) is 15.5. The Morgan fingerprint density at radius 3 is 2.50 bits per heavy atom. The van der Waals surface area contributed by atoms with Crippen molar-refractivity contribution in [1.29, 1.82) is 0 Å². The number of nitrogens with zero attached hydrogens (tertiary/aromatic N) is 1. The van der Waals surface area contributed by atoms with E-state index in [1.54, 1.807) is 48.5 Å². The highest BCUT2D eigenvalue weighted by molar-refractivity contribution is 8.01. The number of anilines is 2. The molecular formula is C24H27ClN2O4S. The van der Waals surface area contributed by atoms with Gasteiger partial charge in [0, 0.05) is 17.1 Å². The Hall–Kier alpha value is -2.51. The number of rotatable bonds is 11. The molecule has 1 aliphatic heterocycles. The lowest BCUT2D eigenvalue weighted by Crippen LogP contribution is -2.31. The molecule has 1 saturated heterocycles. The first-order valence-electron chi connectivity index (χ1n) is 10.7. The number of carbonyl (C=O) groups is 3. The number of thioether (sulfide) groups is 1. The maximum atomic E-state index is 12.8. The van der Waals surface area contributed by atoms with Gasteiger partial charge in [-0.2, -0.15) is 0 Å². The van der Waals surface area contributed by atoms with E-state index in [2.05, 4.69) is 12.2 Å². The molecule has 8 heteroatoms. The van der Waals surface area contributed by atoms with Crippen molar-refractivity contribution in [3.63, 3.8) is 0 Å². The van der Waals surface area contributed by atoms with Gasteiger partial charge in [-0.3, -0.25) is 14.4 Å². The lowest BCUT2D eigenvalue weighted by molar-refractivity contribution is -0.121. The molecule has 1 aliphatic rings. The minimum Gasteiger partial charge on any atom is -0.494 e. The van der Waals surface area contributed by atoms with Crippen molar-refractivity contribution in [2.45, 2.75) is 44.3 Å². The highest BCUT2D eigenvalue weighted by Gasteiger charge is 2.40. The van der Waals surface area contributed by atoms with Crippen molar-refractivity contribution in [2.24, 2.45) is 0 Å². The Balaban J connectivity index is 1.49. The molecule has 32 heavy (non-hydrogen) atoms. The van der Waals surface area contributed by atoms with Crippen LogP contribution in [0.4, 0.5) is 11.4 Å². The summed E-state index contributed by atoms with van der Waals surface area (Å²) >= 11 is 7.01. The van der Waals surface area contributed by atoms with Crippen LogP contribution in [0.25, 0.3) is 0 Å². The van der Waals surface area contributed by atoms with E-state index >= 15 is 0 Å². The van der Waals surface area contributed by atoms with Crippen molar-refractivity contribution in [1.82, 2.24) is 0 Å². The van der Waals surface area contributed by atoms with Gasteiger partial charge in [-0.15, -0.1) is 11.8 Å². The van der Waals surface area contributed by atoms with E-state index in [1.807, 2.05) is 0 Å². The fourth-order valence-electron chi connectivity index (χ4n) is 3.32. The second-order valence-corrected chi connectivity index (χ2v) is 9.16. The Morgan fingerprint density at radius 1 is 1.09 bits per heavy atom. The topological polar surface area (TPSA) is 75.7 Å². The molecule has 2 aromatic carbocycles. The van der Waals surface area contributed by atoms with Crippen molar-refractivity contribution in [3.05, 3.63) is 53.6 Å². The summed E-state index contributed by atoms with van der Waals surface area (Å²) in [6, 6.07) is 13.8. The number of benzene rings is 2. The smallest absolute Gasteiger partial charge is 0.247 e. The summed E-state index contributed by atoms with van der Waals surface area (Å²) in [6.07, 6.45) is 4.60. The van der Waals surface area contributed by atoms with Gasteiger partial charge >= 0.3 is 0 Å². The Kier molecular flexibility index (Phi) is 9.00. The number of halogens is 1. The van der Waals surface area contributed by atoms with Gasteiger partial charge in [-0.1, -0.05) is 37.8 Å². The SMILES string of the molecule is CCCCCCOc1ccc(N2C(=O)CC(SCC(=O)Nc3ccc(Cl)cc3)C2=O)cc1. The van der Waals surface area contributed by atoms with Crippen molar-refractivity contribution in [2.75, 3.05) is 22.6 Å². The van der Waals surface area contributed by atoms with E-state index in [9.17, 15) is 14.4 Å². The summed E-state index contributed by atoms with van der Waals surface area (Å²) in [5.41, 5.74) is 1.15. The summed E-state index contributed by atoms with van der Waals surface area (Å²) in [6.45, 7) is 2.82. The van der Waals surface area contributed by atoms with Crippen LogP contribution in [0.1, 0.15) is 39.0 Å². The molecule has 6 nitrogen and oxygen atoms in total. The average molecular weight is 475 g/mol. The fraction of sp³-hybridized carbons (Fsp3) is 0.375. The number of unbranched alkanes of at least 4 members (excludes halogenated alkanes) is 3. The van der Waals surface area contributed by atoms with Crippen molar-refractivity contribution in [3.8, 4) is 5.75 Å². The molecule has 3 amide bonds. The zero-order chi connectivity index (χ0) is 22.9. The molecule has 0 spiro atoms. The molecule has 0 radical (unpaired) electrons. The Morgan fingerprint density at radius 2 is 1.81 bits per heavy atom. The van der Waals surface area contributed by atoms with Gasteiger partial charge in [0.1, 0.15) is 5.75 Å². The van der Waals surface area contributed by atoms with Crippen LogP contribution >= 0.6 is 23.4 Å². The van der Waals surface area contributed by atoms with Gasteiger partial charge in [0.15, 0.2) is 0 Å². The molecule has 1 fully saturated rings. The maximum absolute atomic E-state index is 12.8. The molecule has 1 heterocycles. The molecule has 170 valence electrons. The predicted octanol–water partition coefficient (Wildman–Crippen LogP) is 5.30. The number of carbonyl (C=O) groups excluding carboxylic acids is 3. The highest BCUT2D eigenvalue weighted by Crippen LogP contribution is 2.30. The minimum absolute atomic E-state index is 0.0744. The Labute approximate surface area is 197 Å². The van der Waals surface area contributed by atoms with Crippen LogP contribution in [0, 0.1) is 0 Å². The monoisotopic (exact) mass is 474 g/mol. The summed E-state index contributed by atoms with van der Waals surface area (Å²) < 4.78 is 5.72. The van der Waals surface area contributed by atoms with Crippen LogP contribution in [0.5, 0.6) is 5.75 Å². The summed E-state index contributed by atoms with van der Waals surface area (Å²) in [4.78, 5) is 38.6. The number of imide groups is 1. The lowest BCUT2D eigenvalue weighted by atomic mass is 10.2. The van der Waals surface area contributed by atoms with Crippen LogP contribution < -0.4 is 15.0 Å². The highest BCUT2D eigenvalue weighted by atomic mass is 35.5. The fourth-order valence-corrected chi connectivity index (χ4v) is 4.38. The number of ether oxygens (including phenoxy) is 1. The third-order valence-electron chi connectivity index (χ3n) is 5.01. The molecule has 1 unspecified atom stereocenters. The number of nitrogens with one attached hydrogen (secondary N) is 1. The van der Waals surface area contributed by atoms with Crippen LogP contribution in [0.15, 0.2) is 48.5 Å². The molecule has 0 aliphatic carbocycles. The summed E-state index contributed by atoms with van der Waals surface area (Å²) in [7, 11) is 0. The first kappa shape index (κ1) is 24.1. The van der Waals surface area contributed by atoms with Crippen LogP contribution in [0.3, 0.4) is 0 Å². The second-order valence-electron chi connectivity index (χ2n) is 7.53. The normalized spacial score (nSPS) is 15.8. The van der Waals surface area contributed by atoms with Gasteiger partial charge in [-0.25, -0.2) is 4.90 Å². The van der Waals surface area contributed by atoms with Crippen molar-refractivity contribution >= 4 is 52.5 Å². The van der Waals surface area contributed by atoms with E-state index in [1.165, 1.54) is 29.5 Å². The standard InChI is InChI=1S/C24H27ClN2O4S/c1-2-3-4-5-14-31-20-12-10-19(11-13-20)27-23(29)15-21(24(27)30)32-16-22(28)26-18-8-6-17(25)7-9-18/h6-13,21H,2-5,14-16H2,1H3,(H,26,28). The van der Waals surface area contributed by atoms with E-state index in [4.69, 9.17) is 16.3 Å². The van der Waals surface area contributed by atoms with Gasteiger partial charge in [0.05, 0.1) is 23.3 Å². The number of amides is 3. The quantitative estimate of drug-likeness (QED) is 0.353. The zero-order valence-corrected chi connectivity index (χ0v) is 19.6. The molecule has 1 atom stereocenters. The van der Waals surface area contributed by atoms with Gasteiger partial charge in [0.2, 0.25) is 17.7 Å². The lowest BCUT2D eigenvalue weighted by Gasteiger charge is -2.15. The van der Waals surface area contributed by atoms with Gasteiger partial charge in [0.25, 0.3) is 0 Å². The van der Waals surface area contributed by atoms with Gasteiger partial charge < -0.3 is 10.1 Å². The van der Waals surface area contributed by atoms with Crippen LogP contribution in [-0.4, -0.2) is 35.3 Å². The third kappa shape index (κ3) is 6.74. The zero-order valence-electron chi connectivity index (χ0n) is 18.0. The molecular weight excluding hydrogens is 448 g/mol. The minimum atomic E-state index is -0.576. The predicted molar refractivity (Wildman–Crippen MR) is 130 cm³/mol. The van der Waals surface area contributed by atoms with Crippen LogP contribution in [0.2, 0.25) is 5.02 Å². The van der Waals surface area contributed by atoms with E-state index in [0.29, 0.717) is 28.8 Å². The molecule has 0 bridgehead atoms. The second kappa shape index (κ2) is 11.9. The number of hydrogen-bond acceptors (Lipinski definition) is 5. The van der Waals surface area contributed by atoms with Gasteiger partial charge in [-0.05, 0) is 55.0 Å². The van der Waals surface area contributed by atoms with E-state index in [0.717, 1.165) is 12.8 Å². The molecule has 0 aromatic heterocycles. The molecule has 1 N–H and O–H groups in total. The summed E-state index contributed by atoms with van der Waals surface area (Å²) in [5.74, 6) is -0.0118. The molecule has 3 rings (SSSR count).